The number of rotatable bonds is 4. The Morgan fingerprint density at radius 1 is 1.52 bits per heavy atom. The van der Waals surface area contributed by atoms with Gasteiger partial charge in [-0.2, -0.15) is 5.26 Å². The Morgan fingerprint density at radius 3 is 2.76 bits per heavy atom. The van der Waals surface area contributed by atoms with Crippen LogP contribution < -0.4 is 10.5 Å². The zero-order valence-corrected chi connectivity index (χ0v) is 16.2. The van der Waals surface area contributed by atoms with Crippen LogP contribution in [0.4, 0.5) is 0 Å². The van der Waals surface area contributed by atoms with Crippen LogP contribution in [0.15, 0.2) is 39.4 Å². The number of carbonyl (C=O) groups is 1. The lowest BCUT2D eigenvalue weighted by atomic mass is 9.82. The first-order chi connectivity index (χ1) is 11.9. The van der Waals surface area contributed by atoms with E-state index in [1.807, 2.05) is 6.07 Å². The fraction of sp³-hybridized carbons (Fsp3) is 0.294. The molecule has 1 heterocycles. The second-order valence-corrected chi connectivity index (χ2v) is 6.35. The van der Waals surface area contributed by atoms with Crippen molar-refractivity contribution in [2.75, 3.05) is 13.7 Å². The third kappa shape index (κ3) is 3.46. The van der Waals surface area contributed by atoms with Gasteiger partial charge in [-0.25, -0.2) is 4.79 Å². The monoisotopic (exact) mass is 426 g/mol. The van der Waals surface area contributed by atoms with Gasteiger partial charge in [0.2, 0.25) is 5.88 Å². The molecule has 0 aliphatic carbocycles. The Bertz CT molecular complexity index is 827. The average Bonchev–Trinajstić information content (AvgIpc) is 2.56. The normalized spacial score (nSPS) is 17.0. The van der Waals surface area contributed by atoms with E-state index >= 15 is 0 Å². The number of methoxy groups -OCH3 is 1. The van der Waals surface area contributed by atoms with Crippen LogP contribution in [0.2, 0.25) is 5.02 Å². The summed E-state index contributed by atoms with van der Waals surface area (Å²) in [4.78, 5) is 12.5. The maximum absolute atomic E-state index is 12.5. The van der Waals surface area contributed by atoms with Gasteiger partial charge in [0.1, 0.15) is 23.2 Å². The number of hydrogen-bond acceptors (Lipinski definition) is 6. The second kappa shape index (κ2) is 7.81. The lowest BCUT2D eigenvalue weighted by Crippen LogP contribution is -2.26. The molecule has 0 bridgehead atoms. The van der Waals surface area contributed by atoms with Gasteiger partial charge >= 0.3 is 5.97 Å². The summed E-state index contributed by atoms with van der Waals surface area (Å²) in [6.07, 6.45) is 0. The molecule has 1 aliphatic rings. The van der Waals surface area contributed by atoms with Crippen LogP contribution in [0.5, 0.6) is 5.75 Å². The highest BCUT2D eigenvalue weighted by molar-refractivity contribution is 9.10. The maximum Gasteiger partial charge on any atom is 0.338 e. The summed E-state index contributed by atoms with van der Waals surface area (Å²) in [6, 6.07) is 5.36. The quantitative estimate of drug-likeness (QED) is 0.735. The molecule has 0 fully saturated rings. The molecule has 1 aromatic carbocycles. The predicted molar refractivity (Wildman–Crippen MR) is 95.7 cm³/mol. The van der Waals surface area contributed by atoms with E-state index in [2.05, 4.69) is 15.9 Å². The minimum atomic E-state index is -0.863. The zero-order valence-electron chi connectivity index (χ0n) is 13.9. The van der Waals surface area contributed by atoms with Gasteiger partial charge < -0.3 is 19.9 Å². The molecule has 8 heteroatoms. The Labute approximate surface area is 158 Å². The van der Waals surface area contributed by atoms with Gasteiger partial charge in [0.25, 0.3) is 0 Å². The number of allylic oxidation sites excluding steroid dienone is 2. The van der Waals surface area contributed by atoms with Crippen LogP contribution in [0.1, 0.15) is 25.3 Å². The number of esters is 1. The molecule has 132 valence electrons. The minimum absolute atomic E-state index is 0.0620. The van der Waals surface area contributed by atoms with Gasteiger partial charge in [-0.3, -0.25) is 0 Å². The molecule has 0 saturated heterocycles. The molecule has 1 unspecified atom stereocenters. The molecule has 2 N–H and O–H groups in total. The van der Waals surface area contributed by atoms with Crippen molar-refractivity contribution >= 4 is 33.5 Å². The topological polar surface area (TPSA) is 94.6 Å². The van der Waals surface area contributed by atoms with E-state index in [0.717, 1.165) is 0 Å². The van der Waals surface area contributed by atoms with E-state index in [1.54, 1.807) is 26.0 Å². The standard InChI is InChI=1S/C17H16BrClN2O4/c1-4-24-17(22)12-8(2)25-16(21)9(7-20)13(12)14-11(19)6-5-10(18)15(14)23-3/h5-6,13H,4,21H2,1-3H3. The van der Waals surface area contributed by atoms with Crippen LogP contribution in [0, 0.1) is 11.3 Å². The zero-order chi connectivity index (χ0) is 18.7. The Balaban J connectivity index is 2.81. The van der Waals surface area contributed by atoms with Crippen LogP contribution in [-0.4, -0.2) is 19.7 Å². The largest absolute Gasteiger partial charge is 0.495 e. The molecule has 0 amide bonds. The molecule has 1 atom stereocenters. The highest BCUT2D eigenvalue weighted by Gasteiger charge is 2.39. The van der Waals surface area contributed by atoms with Gasteiger partial charge in [-0.1, -0.05) is 11.6 Å². The summed E-state index contributed by atoms with van der Waals surface area (Å²) in [5.74, 6) is -0.912. The van der Waals surface area contributed by atoms with Gasteiger partial charge in [-0.05, 0) is 41.9 Å². The fourth-order valence-electron chi connectivity index (χ4n) is 2.67. The molecule has 2 rings (SSSR count). The molecule has 0 aromatic heterocycles. The summed E-state index contributed by atoms with van der Waals surface area (Å²) in [6.45, 7) is 3.44. The van der Waals surface area contributed by atoms with Crippen LogP contribution in [-0.2, 0) is 14.3 Å². The van der Waals surface area contributed by atoms with E-state index in [-0.39, 0.29) is 29.4 Å². The molecule has 25 heavy (non-hydrogen) atoms. The summed E-state index contributed by atoms with van der Waals surface area (Å²) in [7, 11) is 1.47. The van der Waals surface area contributed by atoms with E-state index < -0.39 is 11.9 Å². The van der Waals surface area contributed by atoms with Crippen molar-refractivity contribution in [1.82, 2.24) is 0 Å². The second-order valence-electron chi connectivity index (χ2n) is 5.09. The van der Waals surface area contributed by atoms with Crippen molar-refractivity contribution in [2.45, 2.75) is 19.8 Å². The van der Waals surface area contributed by atoms with Crippen molar-refractivity contribution in [3.8, 4) is 11.8 Å². The van der Waals surface area contributed by atoms with Gasteiger partial charge in [0.05, 0.1) is 29.7 Å². The SMILES string of the molecule is CCOC(=O)C1=C(C)OC(N)=C(C#N)C1c1c(Cl)ccc(Br)c1OC. The van der Waals surface area contributed by atoms with Gasteiger partial charge in [0.15, 0.2) is 0 Å². The van der Waals surface area contributed by atoms with Crippen molar-refractivity contribution in [3.63, 3.8) is 0 Å². The molecule has 1 aliphatic heterocycles. The first kappa shape index (κ1) is 19.2. The lowest BCUT2D eigenvalue weighted by molar-refractivity contribution is -0.139. The number of nitrogens with two attached hydrogens (primary N) is 1. The molecular formula is C17H16BrClN2O4. The minimum Gasteiger partial charge on any atom is -0.495 e. The molecule has 6 nitrogen and oxygen atoms in total. The summed E-state index contributed by atoms with van der Waals surface area (Å²) in [5.41, 5.74) is 6.53. The predicted octanol–water partition coefficient (Wildman–Crippen LogP) is 3.76. The number of carbonyl (C=O) groups excluding carboxylic acids is 1. The lowest BCUT2D eigenvalue weighted by Gasteiger charge is -2.28. The van der Waals surface area contributed by atoms with Crippen molar-refractivity contribution in [1.29, 1.82) is 5.26 Å². The molecule has 1 aromatic rings. The third-order valence-electron chi connectivity index (χ3n) is 3.69. The number of nitriles is 1. The Kier molecular flexibility index (Phi) is 5.98. The van der Waals surface area contributed by atoms with Crippen LogP contribution in [0.25, 0.3) is 0 Å². The van der Waals surface area contributed by atoms with Crippen LogP contribution in [0.3, 0.4) is 0 Å². The number of nitrogens with zero attached hydrogens (tertiary/aromatic N) is 1. The van der Waals surface area contributed by atoms with Gasteiger partial charge in [0, 0.05) is 10.6 Å². The Hall–Kier alpha value is -2.17. The summed E-state index contributed by atoms with van der Waals surface area (Å²) in [5, 5.41) is 9.92. The molecule has 0 saturated carbocycles. The number of ether oxygens (including phenoxy) is 3. The molecule has 0 radical (unpaired) electrons. The van der Waals surface area contributed by atoms with Gasteiger partial charge in [-0.15, -0.1) is 0 Å². The van der Waals surface area contributed by atoms with Crippen molar-refractivity contribution in [2.24, 2.45) is 5.73 Å². The van der Waals surface area contributed by atoms with Crippen molar-refractivity contribution in [3.05, 3.63) is 50.0 Å². The summed E-state index contributed by atoms with van der Waals surface area (Å²) >= 11 is 9.78. The van der Waals surface area contributed by atoms with E-state index in [9.17, 15) is 10.1 Å². The maximum atomic E-state index is 12.5. The fourth-order valence-corrected chi connectivity index (χ4v) is 3.43. The van der Waals surface area contributed by atoms with E-state index in [4.69, 9.17) is 31.5 Å². The number of benzene rings is 1. The average molecular weight is 428 g/mol. The first-order valence-corrected chi connectivity index (χ1v) is 8.51. The first-order valence-electron chi connectivity index (χ1n) is 7.34. The van der Waals surface area contributed by atoms with E-state index in [0.29, 0.717) is 20.8 Å². The van der Waals surface area contributed by atoms with Crippen molar-refractivity contribution < 1.29 is 19.0 Å². The molecular weight excluding hydrogens is 412 g/mol. The van der Waals surface area contributed by atoms with Crippen LogP contribution >= 0.6 is 27.5 Å². The Morgan fingerprint density at radius 2 is 2.20 bits per heavy atom. The summed E-state index contributed by atoms with van der Waals surface area (Å²) < 4.78 is 16.6. The highest BCUT2D eigenvalue weighted by atomic mass is 79.9. The number of halogens is 2. The third-order valence-corrected chi connectivity index (χ3v) is 4.64. The van der Waals surface area contributed by atoms with E-state index in [1.165, 1.54) is 7.11 Å². The smallest absolute Gasteiger partial charge is 0.338 e. The highest BCUT2D eigenvalue weighted by Crippen LogP contribution is 2.47. The number of hydrogen-bond donors (Lipinski definition) is 1. The molecule has 0 spiro atoms.